The van der Waals surface area contributed by atoms with Crippen LogP contribution in [-0.2, 0) is 4.57 Å². The van der Waals surface area contributed by atoms with Crippen LogP contribution in [0.25, 0.3) is 0 Å². The molecule has 1 aliphatic rings. The van der Waals surface area contributed by atoms with Crippen molar-refractivity contribution in [1.82, 2.24) is 0 Å². The van der Waals surface area contributed by atoms with E-state index < -0.39 is 7.80 Å². The van der Waals surface area contributed by atoms with E-state index in [9.17, 15) is 4.57 Å². The van der Waals surface area contributed by atoms with Crippen LogP contribution in [0.1, 0.15) is 19.8 Å². The molecule has 40 valence electrons. The second kappa shape index (κ2) is 1.92. The van der Waals surface area contributed by atoms with Gasteiger partial charge in [0.1, 0.15) is 6.16 Å². The summed E-state index contributed by atoms with van der Waals surface area (Å²) in [4.78, 5) is 0. The van der Waals surface area contributed by atoms with Crippen molar-refractivity contribution in [2.75, 3.05) is 6.16 Å². The molecule has 0 aromatic carbocycles. The second-order valence-corrected chi connectivity index (χ2v) is 4.29. The quantitative estimate of drug-likeness (QED) is 0.443. The van der Waals surface area contributed by atoms with Gasteiger partial charge in [-0.05, 0) is 19.8 Å². The lowest BCUT2D eigenvalue weighted by molar-refractivity contribution is 0.586. The minimum absolute atomic E-state index is 0.523. The third-order valence-electron chi connectivity index (χ3n) is 1.49. The highest BCUT2D eigenvalue weighted by Crippen LogP contribution is 2.38. The lowest BCUT2D eigenvalue weighted by Gasteiger charge is -1.79. The lowest BCUT2D eigenvalue weighted by Crippen LogP contribution is -1.82. The van der Waals surface area contributed by atoms with Crippen molar-refractivity contribution in [3.63, 3.8) is 0 Å². The van der Waals surface area contributed by atoms with Crippen LogP contribution >= 0.6 is 7.80 Å². The van der Waals surface area contributed by atoms with E-state index in [1.807, 2.05) is 0 Å². The zero-order valence-corrected chi connectivity index (χ0v) is 5.45. The molecule has 1 heterocycles. The maximum Gasteiger partial charge on any atom is 0.341 e. The van der Waals surface area contributed by atoms with Crippen LogP contribution in [0.15, 0.2) is 0 Å². The Kier molecular flexibility index (Phi) is 1.43. The molecule has 0 spiro atoms. The van der Waals surface area contributed by atoms with Crippen molar-refractivity contribution in [2.24, 2.45) is 0 Å². The summed E-state index contributed by atoms with van der Waals surface area (Å²) in [6.45, 7) is 2.08. The number of rotatable bonds is 0. The van der Waals surface area contributed by atoms with Crippen LogP contribution in [0, 0.1) is 0 Å². The summed E-state index contributed by atoms with van der Waals surface area (Å²) in [5.41, 5.74) is 0.523. The molecule has 2 atom stereocenters. The van der Waals surface area contributed by atoms with Crippen LogP contribution in [0.2, 0.25) is 0 Å². The first kappa shape index (κ1) is 5.24. The molecule has 1 fully saturated rings. The summed E-state index contributed by atoms with van der Waals surface area (Å²) >= 11 is 0. The number of hydrogen-bond donors (Lipinski definition) is 0. The first-order chi connectivity index (χ1) is 3.30. The fraction of sp³-hybridized carbons (Fsp3) is 1.00. The zero-order chi connectivity index (χ0) is 5.28. The molecule has 0 bridgehead atoms. The van der Waals surface area contributed by atoms with Gasteiger partial charge < -0.3 is 0 Å². The first-order valence-electron chi connectivity index (χ1n) is 2.74. The van der Waals surface area contributed by atoms with E-state index >= 15 is 0 Å². The molecule has 0 radical (unpaired) electrons. The van der Waals surface area contributed by atoms with Crippen molar-refractivity contribution in [1.29, 1.82) is 0 Å². The summed E-state index contributed by atoms with van der Waals surface area (Å²) in [5, 5.41) is 0. The van der Waals surface area contributed by atoms with Gasteiger partial charge in [0.25, 0.3) is 0 Å². The van der Waals surface area contributed by atoms with E-state index in [0.29, 0.717) is 5.66 Å². The highest BCUT2D eigenvalue weighted by atomic mass is 31.1. The largest absolute Gasteiger partial charge is 0.341 e. The highest BCUT2D eigenvalue weighted by molar-refractivity contribution is 7.45. The molecule has 7 heavy (non-hydrogen) atoms. The minimum atomic E-state index is -0.776. The molecule has 1 saturated heterocycles. The summed E-state index contributed by atoms with van der Waals surface area (Å²) in [6.07, 6.45) is 3.36. The zero-order valence-electron chi connectivity index (χ0n) is 4.55. The summed E-state index contributed by atoms with van der Waals surface area (Å²) < 4.78 is 10.7. The van der Waals surface area contributed by atoms with E-state index in [1.165, 1.54) is 12.8 Å². The van der Waals surface area contributed by atoms with Crippen LogP contribution in [0.5, 0.6) is 0 Å². The summed E-state index contributed by atoms with van der Waals surface area (Å²) in [7, 11) is -0.776. The fourth-order valence-corrected chi connectivity index (χ4v) is 2.31. The van der Waals surface area contributed by atoms with Gasteiger partial charge >= 0.3 is 7.80 Å². The third-order valence-corrected chi connectivity index (χ3v) is 3.49. The van der Waals surface area contributed by atoms with Gasteiger partial charge in [-0.15, -0.1) is 0 Å². The van der Waals surface area contributed by atoms with Crippen molar-refractivity contribution >= 4 is 7.80 Å². The Morgan fingerprint density at radius 1 is 1.71 bits per heavy atom. The molecule has 1 aliphatic heterocycles. The molecule has 0 saturated carbocycles. The van der Waals surface area contributed by atoms with Crippen LogP contribution in [-0.4, -0.2) is 11.8 Å². The van der Waals surface area contributed by atoms with Gasteiger partial charge in [0, 0.05) is 0 Å². The second-order valence-electron chi connectivity index (χ2n) is 2.13. The Morgan fingerprint density at radius 3 is 2.57 bits per heavy atom. The van der Waals surface area contributed by atoms with Gasteiger partial charge in [-0.3, -0.25) is 0 Å². The molecular weight excluding hydrogens is 107 g/mol. The standard InChI is InChI=1S/C5H10OP/c1-5-3-2-4-7(5)6/h5H,2-4H2,1H3/q+1. The monoisotopic (exact) mass is 117 g/mol. The lowest BCUT2D eigenvalue weighted by atomic mass is 10.3. The van der Waals surface area contributed by atoms with Gasteiger partial charge in [-0.1, -0.05) is 4.57 Å². The van der Waals surface area contributed by atoms with Gasteiger partial charge in [0.2, 0.25) is 0 Å². The normalized spacial score (nSPS) is 36.7. The first-order valence-corrected chi connectivity index (χ1v) is 4.26. The Bertz CT molecular complexity index is 90.1. The van der Waals surface area contributed by atoms with Crippen molar-refractivity contribution in [2.45, 2.75) is 25.4 Å². The van der Waals surface area contributed by atoms with Crippen molar-refractivity contribution in [3.05, 3.63) is 0 Å². The van der Waals surface area contributed by atoms with Crippen LogP contribution < -0.4 is 0 Å². The van der Waals surface area contributed by atoms with E-state index in [-0.39, 0.29) is 0 Å². The fourth-order valence-electron chi connectivity index (χ4n) is 0.907. The van der Waals surface area contributed by atoms with Crippen LogP contribution in [0.3, 0.4) is 0 Å². The predicted octanol–water partition coefficient (Wildman–Crippen LogP) is 2.00. The molecule has 1 rings (SSSR count). The van der Waals surface area contributed by atoms with Crippen molar-refractivity contribution in [3.8, 4) is 0 Å². The molecular formula is C5H10OP+. The average molecular weight is 117 g/mol. The van der Waals surface area contributed by atoms with Crippen molar-refractivity contribution < 1.29 is 4.57 Å². The molecule has 1 nitrogen and oxygen atoms in total. The molecule has 2 unspecified atom stereocenters. The van der Waals surface area contributed by atoms with E-state index in [1.54, 1.807) is 0 Å². The molecule has 0 N–H and O–H groups in total. The van der Waals surface area contributed by atoms with E-state index in [4.69, 9.17) is 0 Å². The number of hydrogen-bond acceptors (Lipinski definition) is 1. The average Bonchev–Trinajstić information content (AvgIpc) is 1.91. The molecule has 0 aliphatic carbocycles. The summed E-state index contributed by atoms with van der Waals surface area (Å²) in [6, 6.07) is 0. The minimum Gasteiger partial charge on any atom is -0.0745 e. The Balaban J connectivity index is 2.48. The van der Waals surface area contributed by atoms with Gasteiger partial charge in [0.15, 0.2) is 5.66 Å². The third kappa shape index (κ3) is 1.01. The van der Waals surface area contributed by atoms with Crippen LogP contribution in [0.4, 0.5) is 0 Å². The van der Waals surface area contributed by atoms with Gasteiger partial charge in [0.05, 0.1) is 0 Å². The summed E-state index contributed by atoms with van der Waals surface area (Å²) in [5.74, 6) is 0. The highest BCUT2D eigenvalue weighted by Gasteiger charge is 2.31. The van der Waals surface area contributed by atoms with Gasteiger partial charge in [-0.25, -0.2) is 0 Å². The Morgan fingerprint density at radius 2 is 2.43 bits per heavy atom. The topological polar surface area (TPSA) is 17.1 Å². The molecule has 0 amide bonds. The van der Waals surface area contributed by atoms with Gasteiger partial charge in [-0.2, -0.15) is 0 Å². The molecule has 2 heteroatoms. The smallest absolute Gasteiger partial charge is 0.0745 e. The van der Waals surface area contributed by atoms with E-state index in [2.05, 4.69) is 6.92 Å². The maximum atomic E-state index is 10.7. The predicted molar refractivity (Wildman–Crippen MR) is 31.2 cm³/mol. The Labute approximate surface area is 44.9 Å². The van der Waals surface area contributed by atoms with E-state index in [0.717, 1.165) is 6.16 Å². The molecule has 0 aromatic heterocycles. The molecule has 0 aromatic rings. The SMILES string of the molecule is CC1CCC[P+]1=O. The Hall–Kier alpha value is 0.100. The maximum absolute atomic E-state index is 10.7.